The molecule has 2 N–H and O–H groups in total. The van der Waals surface area contributed by atoms with E-state index in [1.807, 2.05) is 6.07 Å². The Morgan fingerprint density at radius 1 is 1.36 bits per heavy atom. The van der Waals surface area contributed by atoms with Gasteiger partial charge in [0.25, 0.3) is 0 Å². The third-order valence-corrected chi connectivity index (χ3v) is 3.63. The van der Waals surface area contributed by atoms with Crippen molar-refractivity contribution in [3.63, 3.8) is 0 Å². The average Bonchev–Trinajstić information content (AvgIpc) is 3.04. The van der Waals surface area contributed by atoms with Crippen LogP contribution >= 0.6 is 11.6 Å². The van der Waals surface area contributed by atoms with Crippen LogP contribution in [-0.2, 0) is 4.74 Å². The van der Waals surface area contributed by atoms with Gasteiger partial charge in [0.05, 0.1) is 25.1 Å². The van der Waals surface area contributed by atoms with Crippen molar-refractivity contribution in [2.75, 3.05) is 44.8 Å². The first-order valence-electron chi connectivity index (χ1n) is 7.17. The van der Waals surface area contributed by atoms with Crippen molar-refractivity contribution < 1.29 is 9.47 Å². The van der Waals surface area contributed by atoms with Gasteiger partial charge in [0, 0.05) is 30.7 Å². The molecule has 22 heavy (non-hydrogen) atoms. The molecule has 1 saturated heterocycles. The molecule has 0 atom stereocenters. The van der Waals surface area contributed by atoms with Crippen LogP contribution < -0.4 is 10.1 Å². The molecule has 8 heteroatoms. The highest BCUT2D eigenvalue weighted by atomic mass is 35.5. The number of aromatic amines is 1. The van der Waals surface area contributed by atoms with E-state index in [-0.39, 0.29) is 0 Å². The molecule has 0 unspecified atom stereocenters. The van der Waals surface area contributed by atoms with E-state index >= 15 is 0 Å². The summed E-state index contributed by atoms with van der Waals surface area (Å²) in [5.74, 6) is 1.32. The third kappa shape index (κ3) is 4.09. The van der Waals surface area contributed by atoms with Crippen LogP contribution in [-0.4, -0.2) is 59.8 Å². The predicted molar refractivity (Wildman–Crippen MR) is 83.9 cm³/mol. The Hall–Kier alpha value is -1.83. The molecule has 0 amide bonds. The summed E-state index contributed by atoms with van der Waals surface area (Å²) in [5, 5.41) is 14.0. The van der Waals surface area contributed by atoms with E-state index in [1.54, 1.807) is 18.3 Å². The summed E-state index contributed by atoms with van der Waals surface area (Å²) < 4.78 is 11.2. The van der Waals surface area contributed by atoms with Crippen LogP contribution in [0.5, 0.6) is 5.75 Å². The number of H-pyrrole nitrogens is 1. The lowest BCUT2D eigenvalue weighted by molar-refractivity contribution is 0.0323. The maximum atomic E-state index is 6.06. The standard InChI is InChI=1S/C14H18ClN5O2/c15-11-1-2-12(17-14-10-16-19-18-14)13(9-11)22-8-5-20-3-6-21-7-4-20/h1-2,9-10H,3-8H2,(H2,16,17,18,19). The summed E-state index contributed by atoms with van der Waals surface area (Å²) in [6.45, 7) is 4.92. The Labute approximate surface area is 133 Å². The van der Waals surface area contributed by atoms with Crippen LogP contribution in [0.25, 0.3) is 0 Å². The number of nitrogens with zero attached hydrogens (tertiary/aromatic N) is 3. The predicted octanol–water partition coefficient (Wildman–Crippen LogP) is 1.91. The van der Waals surface area contributed by atoms with Crippen LogP contribution in [0.1, 0.15) is 0 Å². The lowest BCUT2D eigenvalue weighted by atomic mass is 10.3. The van der Waals surface area contributed by atoms with Gasteiger partial charge < -0.3 is 14.8 Å². The summed E-state index contributed by atoms with van der Waals surface area (Å²) in [6, 6.07) is 5.46. The van der Waals surface area contributed by atoms with E-state index in [4.69, 9.17) is 21.1 Å². The second-order valence-corrected chi connectivity index (χ2v) is 5.36. The number of anilines is 2. The van der Waals surface area contributed by atoms with Crippen molar-refractivity contribution in [2.45, 2.75) is 0 Å². The molecule has 0 aliphatic carbocycles. The van der Waals surface area contributed by atoms with Gasteiger partial charge in [-0.25, -0.2) is 0 Å². The zero-order chi connectivity index (χ0) is 15.2. The van der Waals surface area contributed by atoms with E-state index in [0.717, 1.165) is 38.5 Å². The monoisotopic (exact) mass is 323 g/mol. The number of ether oxygens (including phenoxy) is 2. The Morgan fingerprint density at radius 2 is 2.23 bits per heavy atom. The molecule has 1 aromatic heterocycles. The van der Waals surface area contributed by atoms with Crippen LogP contribution in [0.4, 0.5) is 11.5 Å². The van der Waals surface area contributed by atoms with Crippen LogP contribution in [0.15, 0.2) is 24.4 Å². The fraction of sp³-hybridized carbons (Fsp3) is 0.429. The van der Waals surface area contributed by atoms with Crippen molar-refractivity contribution in [3.8, 4) is 5.75 Å². The topological polar surface area (TPSA) is 75.3 Å². The molecule has 3 rings (SSSR count). The molecule has 7 nitrogen and oxygen atoms in total. The molecule has 1 fully saturated rings. The van der Waals surface area contributed by atoms with E-state index in [2.05, 4.69) is 25.6 Å². The van der Waals surface area contributed by atoms with E-state index in [1.165, 1.54) is 0 Å². The fourth-order valence-electron chi connectivity index (χ4n) is 2.23. The minimum atomic E-state index is 0.591. The second-order valence-electron chi connectivity index (χ2n) is 4.93. The van der Waals surface area contributed by atoms with Gasteiger partial charge in [0.15, 0.2) is 5.82 Å². The summed E-state index contributed by atoms with van der Waals surface area (Å²) in [4.78, 5) is 2.32. The van der Waals surface area contributed by atoms with E-state index in [0.29, 0.717) is 23.2 Å². The van der Waals surface area contributed by atoms with Crippen molar-refractivity contribution in [1.29, 1.82) is 0 Å². The van der Waals surface area contributed by atoms with Crippen LogP contribution in [0.3, 0.4) is 0 Å². The first-order chi connectivity index (χ1) is 10.8. The quantitative estimate of drug-likeness (QED) is 0.846. The first-order valence-corrected chi connectivity index (χ1v) is 7.55. The molecule has 2 heterocycles. The molecule has 0 radical (unpaired) electrons. The number of benzene rings is 1. The number of hydrogen-bond donors (Lipinski definition) is 2. The second kappa shape index (κ2) is 7.44. The highest BCUT2D eigenvalue weighted by molar-refractivity contribution is 6.30. The molecule has 2 aromatic rings. The maximum absolute atomic E-state index is 6.06. The Balaban J connectivity index is 1.60. The van der Waals surface area contributed by atoms with Gasteiger partial charge in [-0.2, -0.15) is 0 Å². The van der Waals surface area contributed by atoms with Gasteiger partial charge in [-0.15, -0.1) is 5.10 Å². The number of nitrogens with one attached hydrogen (secondary N) is 2. The molecular weight excluding hydrogens is 306 g/mol. The SMILES string of the molecule is Clc1ccc(Nc2c[nH]nn2)c(OCCN2CCOCC2)c1. The fourth-order valence-corrected chi connectivity index (χ4v) is 2.39. The van der Waals surface area contributed by atoms with Crippen LogP contribution in [0, 0.1) is 0 Å². The summed E-state index contributed by atoms with van der Waals surface area (Å²) in [6.07, 6.45) is 1.67. The number of hydrogen-bond acceptors (Lipinski definition) is 6. The summed E-state index contributed by atoms with van der Waals surface area (Å²) in [5.41, 5.74) is 0.806. The van der Waals surface area contributed by atoms with Crippen molar-refractivity contribution in [2.24, 2.45) is 0 Å². The van der Waals surface area contributed by atoms with Crippen molar-refractivity contribution in [1.82, 2.24) is 20.3 Å². The van der Waals surface area contributed by atoms with Gasteiger partial charge in [-0.1, -0.05) is 16.8 Å². The zero-order valence-electron chi connectivity index (χ0n) is 12.1. The number of morpholine rings is 1. The number of rotatable bonds is 6. The molecule has 0 spiro atoms. The lowest BCUT2D eigenvalue weighted by Crippen LogP contribution is -2.38. The highest BCUT2D eigenvalue weighted by Gasteiger charge is 2.11. The van der Waals surface area contributed by atoms with Crippen LogP contribution in [0.2, 0.25) is 5.02 Å². The smallest absolute Gasteiger partial charge is 0.172 e. The van der Waals surface area contributed by atoms with Gasteiger partial charge in [0.2, 0.25) is 0 Å². The largest absolute Gasteiger partial charge is 0.490 e. The molecular formula is C14H18ClN5O2. The minimum Gasteiger partial charge on any atom is -0.490 e. The zero-order valence-corrected chi connectivity index (χ0v) is 12.8. The van der Waals surface area contributed by atoms with Gasteiger partial charge >= 0.3 is 0 Å². The van der Waals surface area contributed by atoms with Gasteiger partial charge in [0.1, 0.15) is 12.4 Å². The van der Waals surface area contributed by atoms with E-state index < -0.39 is 0 Å². The Kier molecular flexibility index (Phi) is 5.10. The molecule has 0 saturated carbocycles. The van der Waals surface area contributed by atoms with Crippen molar-refractivity contribution in [3.05, 3.63) is 29.4 Å². The molecule has 0 bridgehead atoms. The van der Waals surface area contributed by atoms with E-state index in [9.17, 15) is 0 Å². The maximum Gasteiger partial charge on any atom is 0.172 e. The minimum absolute atomic E-state index is 0.591. The summed E-state index contributed by atoms with van der Waals surface area (Å²) in [7, 11) is 0. The Bertz CT molecular complexity index is 587. The van der Waals surface area contributed by atoms with Gasteiger partial charge in [-0.3, -0.25) is 10.00 Å². The van der Waals surface area contributed by atoms with Crippen molar-refractivity contribution >= 4 is 23.1 Å². The third-order valence-electron chi connectivity index (χ3n) is 3.39. The number of halogens is 1. The molecule has 1 aliphatic heterocycles. The average molecular weight is 324 g/mol. The van der Waals surface area contributed by atoms with Gasteiger partial charge in [-0.05, 0) is 12.1 Å². The Morgan fingerprint density at radius 3 is 3.00 bits per heavy atom. The first kappa shape index (κ1) is 15.1. The lowest BCUT2D eigenvalue weighted by Gasteiger charge is -2.26. The molecule has 1 aromatic carbocycles. The normalized spacial score (nSPS) is 15.7. The molecule has 118 valence electrons. The number of aromatic nitrogens is 3. The summed E-state index contributed by atoms with van der Waals surface area (Å²) >= 11 is 6.06. The highest BCUT2D eigenvalue weighted by Crippen LogP contribution is 2.30. The molecule has 1 aliphatic rings.